The van der Waals surface area contributed by atoms with E-state index in [1.54, 1.807) is 17.1 Å². The van der Waals surface area contributed by atoms with Crippen molar-refractivity contribution in [3.63, 3.8) is 0 Å². The van der Waals surface area contributed by atoms with E-state index in [-0.39, 0.29) is 21.8 Å². The van der Waals surface area contributed by atoms with Crippen molar-refractivity contribution in [2.75, 3.05) is 33.7 Å². The lowest BCUT2D eigenvalue weighted by molar-refractivity contribution is 0.394. The minimum absolute atomic E-state index is 0.0150. The topological polar surface area (TPSA) is 77.4 Å². The van der Waals surface area contributed by atoms with Crippen LogP contribution in [0.5, 0.6) is 0 Å². The first-order chi connectivity index (χ1) is 11.8. The number of likely N-dealkylation sites (N-methyl/N-ethyl adjacent to an activating group) is 1. The molecule has 1 N–H and O–H groups in total. The zero-order valence-corrected chi connectivity index (χ0v) is 16.3. The third-order valence-electron chi connectivity index (χ3n) is 3.76. The van der Waals surface area contributed by atoms with Crippen molar-refractivity contribution in [1.82, 2.24) is 15.2 Å². The second-order valence-electron chi connectivity index (χ2n) is 6.07. The molecule has 9 heteroatoms. The lowest BCUT2D eigenvalue weighted by atomic mass is 10.1. The summed E-state index contributed by atoms with van der Waals surface area (Å²) in [6, 6.07) is 6.28. The maximum absolute atomic E-state index is 12.7. The standard InChI is InChI=1S/C16H24ClN5O2S/c1-4-13-11-19-22(12-13)16(18-9-10-21(2)3)20-25(23,24)15-8-6-5-7-14(15)17/h5-8,11,13H,4,9-10,12H2,1-3H3,(H,18,20). The van der Waals surface area contributed by atoms with Crippen molar-refractivity contribution < 1.29 is 8.42 Å². The number of sulfonamides is 1. The van der Waals surface area contributed by atoms with Crippen LogP contribution in [-0.2, 0) is 10.0 Å². The van der Waals surface area contributed by atoms with E-state index in [4.69, 9.17) is 11.6 Å². The number of hydrogen-bond acceptors (Lipinski definition) is 4. The van der Waals surface area contributed by atoms with Gasteiger partial charge in [0.2, 0.25) is 5.96 Å². The lowest BCUT2D eigenvalue weighted by Crippen LogP contribution is -2.41. The minimum atomic E-state index is -3.94. The summed E-state index contributed by atoms with van der Waals surface area (Å²) in [7, 11) is -0.0490. The molecule has 138 valence electrons. The van der Waals surface area contributed by atoms with Crippen LogP contribution in [-0.4, -0.2) is 64.2 Å². The molecule has 1 atom stereocenters. The van der Waals surface area contributed by atoms with Gasteiger partial charge in [-0.25, -0.2) is 5.01 Å². The second kappa shape index (κ2) is 8.64. The summed E-state index contributed by atoms with van der Waals surface area (Å²) in [5.41, 5.74) is 0. The summed E-state index contributed by atoms with van der Waals surface area (Å²) in [5.74, 6) is 0.498. The lowest BCUT2D eigenvalue weighted by Gasteiger charge is -2.20. The van der Waals surface area contributed by atoms with Crippen LogP contribution < -0.4 is 5.32 Å². The van der Waals surface area contributed by atoms with Gasteiger partial charge in [0, 0.05) is 25.2 Å². The van der Waals surface area contributed by atoms with Gasteiger partial charge in [-0.3, -0.25) is 0 Å². The first kappa shape index (κ1) is 19.7. The van der Waals surface area contributed by atoms with E-state index >= 15 is 0 Å². The molecule has 25 heavy (non-hydrogen) atoms. The fourth-order valence-electron chi connectivity index (χ4n) is 2.25. The number of hydrazone groups is 1. The summed E-state index contributed by atoms with van der Waals surface area (Å²) in [5, 5.41) is 9.12. The molecule has 1 aromatic carbocycles. The van der Waals surface area contributed by atoms with E-state index in [9.17, 15) is 8.42 Å². The highest BCUT2D eigenvalue weighted by Crippen LogP contribution is 2.23. The molecule has 0 bridgehead atoms. The smallest absolute Gasteiger partial charge is 0.287 e. The van der Waals surface area contributed by atoms with Crippen LogP contribution in [0, 0.1) is 5.92 Å². The molecule has 2 rings (SSSR count). The van der Waals surface area contributed by atoms with E-state index in [1.165, 1.54) is 12.1 Å². The summed E-state index contributed by atoms with van der Waals surface area (Å²) < 4.78 is 29.3. The van der Waals surface area contributed by atoms with Crippen LogP contribution in [0.4, 0.5) is 0 Å². The molecule has 1 aromatic rings. The van der Waals surface area contributed by atoms with Gasteiger partial charge in [0.1, 0.15) is 4.90 Å². The Morgan fingerprint density at radius 3 is 2.76 bits per heavy atom. The Kier molecular flexibility index (Phi) is 6.80. The predicted octanol–water partition coefficient (Wildman–Crippen LogP) is 1.86. The van der Waals surface area contributed by atoms with Crippen molar-refractivity contribution in [2.45, 2.75) is 18.2 Å². The number of hydrogen-bond donors (Lipinski definition) is 1. The number of nitrogens with zero attached hydrogens (tertiary/aromatic N) is 4. The number of benzene rings is 1. The molecule has 1 heterocycles. The number of halogens is 1. The van der Waals surface area contributed by atoms with E-state index in [2.05, 4.69) is 21.7 Å². The molecule has 0 saturated heterocycles. The first-order valence-corrected chi connectivity index (χ1v) is 9.95. The van der Waals surface area contributed by atoms with Gasteiger partial charge in [0.15, 0.2) is 0 Å². The molecule has 1 unspecified atom stereocenters. The molecule has 0 aromatic heterocycles. The van der Waals surface area contributed by atoms with Crippen molar-refractivity contribution in [3.8, 4) is 0 Å². The van der Waals surface area contributed by atoms with E-state index in [0.717, 1.165) is 13.0 Å². The van der Waals surface area contributed by atoms with Gasteiger partial charge in [-0.2, -0.15) is 13.5 Å². The van der Waals surface area contributed by atoms with Gasteiger partial charge in [0.05, 0.1) is 11.6 Å². The number of rotatable bonds is 6. The Bertz CT molecular complexity index is 749. The Morgan fingerprint density at radius 2 is 2.16 bits per heavy atom. The third kappa shape index (κ3) is 5.42. The van der Waals surface area contributed by atoms with Crippen LogP contribution in [0.2, 0.25) is 5.02 Å². The van der Waals surface area contributed by atoms with Crippen molar-refractivity contribution in [3.05, 3.63) is 29.3 Å². The van der Waals surface area contributed by atoms with Crippen molar-refractivity contribution in [2.24, 2.45) is 15.4 Å². The number of nitrogens with one attached hydrogen (secondary N) is 1. The molecule has 0 amide bonds. The molecule has 0 fully saturated rings. The van der Waals surface area contributed by atoms with Crippen LogP contribution in [0.15, 0.2) is 38.7 Å². The van der Waals surface area contributed by atoms with Gasteiger partial charge in [0.25, 0.3) is 10.0 Å². The summed E-state index contributed by atoms with van der Waals surface area (Å²) >= 11 is 6.02. The summed E-state index contributed by atoms with van der Waals surface area (Å²) in [4.78, 5) is 1.98. The normalized spacial score (nSPS) is 18.2. The molecular weight excluding hydrogens is 362 g/mol. The molecular formula is C16H24ClN5O2S. The van der Waals surface area contributed by atoms with Crippen LogP contribution >= 0.6 is 11.6 Å². The second-order valence-corrected chi connectivity index (χ2v) is 8.05. The predicted molar refractivity (Wildman–Crippen MR) is 102 cm³/mol. The van der Waals surface area contributed by atoms with Gasteiger partial charge < -0.3 is 10.2 Å². The molecule has 1 aliphatic rings. The zero-order valence-electron chi connectivity index (χ0n) is 14.7. The third-order valence-corrected chi connectivity index (χ3v) is 5.52. The van der Waals surface area contributed by atoms with Crippen molar-refractivity contribution in [1.29, 1.82) is 0 Å². The largest absolute Gasteiger partial charge is 0.353 e. The van der Waals surface area contributed by atoms with E-state index < -0.39 is 10.0 Å². The fraction of sp³-hybridized carbons (Fsp3) is 0.500. The molecule has 1 aliphatic heterocycles. The zero-order chi connectivity index (χ0) is 18.4. The van der Waals surface area contributed by atoms with Gasteiger partial charge in [-0.15, -0.1) is 4.40 Å². The van der Waals surface area contributed by atoms with E-state index in [1.807, 2.05) is 25.2 Å². The highest BCUT2D eigenvalue weighted by Gasteiger charge is 2.24. The Balaban J connectivity index is 2.28. The summed E-state index contributed by atoms with van der Waals surface area (Å²) in [6.45, 7) is 3.95. The average Bonchev–Trinajstić information content (AvgIpc) is 3.02. The maximum atomic E-state index is 12.7. The summed E-state index contributed by atoms with van der Waals surface area (Å²) in [6.07, 6.45) is 2.76. The monoisotopic (exact) mass is 385 g/mol. The SMILES string of the molecule is CCC1C=NN(/C(=N/S(=O)(=O)c2ccccc2Cl)NCCN(C)C)C1. The fourth-order valence-corrected chi connectivity index (χ4v) is 3.72. The van der Waals surface area contributed by atoms with Crippen molar-refractivity contribution >= 4 is 33.8 Å². The minimum Gasteiger partial charge on any atom is -0.353 e. The Labute approximate surface area is 154 Å². The molecule has 0 radical (unpaired) electrons. The van der Waals surface area contributed by atoms with Gasteiger partial charge in [-0.05, 0) is 32.6 Å². The molecule has 7 nitrogen and oxygen atoms in total. The molecule has 0 saturated carbocycles. The highest BCUT2D eigenvalue weighted by molar-refractivity contribution is 7.90. The Hall–Kier alpha value is -1.64. The Morgan fingerprint density at radius 1 is 1.44 bits per heavy atom. The van der Waals surface area contributed by atoms with Crippen LogP contribution in [0.1, 0.15) is 13.3 Å². The average molecular weight is 386 g/mol. The molecule has 0 aliphatic carbocycles. The quantitative estimate of drug-likeness (QED) is 0.597. The van der Waals surface area contributed by atoms with Gasteiger partial charge in [-0.1, -0.05) is 30.7 Å². The van der Waals surface area contributed by atoms with Crippen LogP contribution in [0.25, 0.3) is 0 Å². The first-order valence-electron chi connectivity index (χ1n) is 8.13. The molecule has 0 spiro atoms. The highest BCUT2D eigenvalue weighted by atomic mass is 35.5. The van der Waals surface area contributed by atoms with Gasteiger partial charge >= 0.3 is 0 Å². The maximum Gasteiger partial charge on any atom is 0.287 e. The van der Waals surface area contributed by atoms with Crippen LogP contribution in [0.3, 0.4) is 0 Å². The number of guanidine groups is 1. The van der Waals surface area contributed by atoms with E-state index in [0.29, 0.717) is 13.1 Å².